The topological polar surface area (TPSA) is 162 Å². The summed E-state index contributed by atoms with van der Waals surface area (Å²) in [5, 5.41) is 47.9. The fraction of sp³-hybridized carbons (Fsp3) is 0.214. The Kier molecular flexibility index (Phi) is 5.40. The molecule has 120 valence electrons. The van der Waals surface area contributed by atoms with Gasteiger partial charge in [0.25, 0.3) is 0 Å². The molecule has 0 radical (unpaired) electrons. The van der Waals surface area contributed by atoms with Crippen LogP contribution in [0.25, 0.3) is 0 Å². The average molecular weight is 320 g/mol. The Balaban J connectivity index is 3.79. The Hall–Kier alpha value is -3.41. The minimum Gasteiger partial charge on any atom is -0.481 e. The summed E-state index contributed by atoms with van der Waals surface area (Å²) >= 11 is 0. The van der Waals surface area contributed by atoms with Crippen molar-refractivity contribution in [2.75, 3.05) is 0 Å². The molecule has 2 atom stereocenters. The number of carbonyl (C=O) groups excluding carboxylic acids is 1. The number of hydrogen-bond donors (Lipinski definition) is 3. The first-order valence-corrected chi connectivity index (χ1v) is 6.21. The number of carboxylic acid groups (broad SMARTS) is 1. The zero-order valence-corrected chi connectivity index (χ0v) is 11.8. The summed E-state index contributed by atoms with van der Waals surface area (Å²) in [5.41, 5.74) is -1.55. The van der Waals surface area contributed by atoms with Crippen molar-refractivity contribution in [3.05, 3.63) is 57.1 Å². The van der Waals surface area contributed by atoms with Gasteiger partial charge in [-0.05, 0) is 18.6 Å². The average Bonchev–Trinajstić information content (AvgIpc) is 2.44. The molecule has 0 aliphatic rings. The third-order valence-corrected chi connectivity index (χ3v) is 3.17. The number of aliphatic hydroxyl groups excluding tert-OH is 1. The SMILES string of the molecule is CC(=O)C(C(=O)O)C(C(=C(O)O)[N+](=O)[O-])c1ccccc1C#N. The quantitative estimate of drug-likeness (QED) is 0.307. The predicted octanol–water partition coefficient (Wildman–Crippen LogP) is 1.49. The Morgan fingerprint density at radius 3 is 2.22 bits per heavy atom. The zero-order chi connectivity index (χ0) is 17.7. The van der Waals surface area contributed by atoms with E-state index >= 15 is 0 Å². The molecule has 0 fully saturated rings. The van der Waals surface area contributed by atoms with Gasteiger partial charge in [0.15, 0.2) is 0 Å². The van der Waals surface area contributed by atoms with Crippen molar-refractivity contribution in [1.82, 2.24) is 0 Å². The van der Waals surface area contributed by atoms with E-state index in [1.165, 1.54) is 24.3 Å². The maximum absolute atomic E-state index is 11.7. The molecule has 0 aromatic heterocycles. The molecule has 0 aliphatic heterocycles. The van der Waals surface area contributed by atoms with Gasteiger partial charge in [0.05, 0.1) is 16.6 Å². The maximum Gasteiger partial charge on any atom is 0.351 e. The highest BCUT2D eigenvalue weighted by molar-refractivity contribution is 5.98. The van der Waals surface area contributed by atoms with Crippen molar-refractivity contribution in [1.29, 1.82) is 5.26 Å². The standard InChI is InChI=1S/C14H12N2O7/c1-7(17)10(13(18)19)11(12(14(20)21)16(22)23)9-5-3-2-4-8(9)6-15/h2-5,10-11,20-21H,1H3,(H,18,19). The third-order valence-electron chi connectivity index (χ3n) is 3.17. The van der Waals surface area contributed by atoms with E-state index in [9.17, 15) is 35.0 Å². The predicted molar refractivity (Wildman–Crippen MR) is 75.0 cm³/mol. The highest BCUT2D eigenvalue weighted by Crippen LogP contribution is 2.36. The van der Waals surface area contributed by atoms with Gasteiger partial charge >= 0.3 is 17.6 Å². The molecule has 9 heteroatoms. The summed E-state index contributed by atoms with van der Waals surface area (Å²) in [6.07, 6.45) is 0. The minimum atomic E-state index is -1.96. The molecule has 1 aromatic carbocycles. The number of aliphatic hydroxyl groups is 2. The Bertz CT molecular complexity index is 715. The van der Waals surface area contributed by atoms with E-state index in [2.05, 4.69) is 0 Å². The Morgan fingerprint density at radius 2 is 1.83 bits per heavy atom. The smallest absolute Gasteiger partial charge is 0.351 e. The number of nitriles is 1. The molecule has 23 heavy (non-hydrogen) atoms. The van der Waals surface area contributed by atoms with E-state index in [-0.39, 0.29) is 11.1 Å². The maximum atomic E-state index is 11.7. The minimum absolute atomic E-state index is 0.120. The van der Waals surface area contributed by atoms with E-state index in [1.54, 1.807) is 6.07 Å². The summed E-state index contributed by atoms with van der Waals surface area (Å²) in [6, 6.07) is 7.04. The monoisotopic (exact) mass is 320 g/mol. The van der Waals surface area contributed by atoms with E-state index in [0.29, 0.717) is 0 Å². The van der Waals surface area contributed by atoms with Gasteiger partial charge in [0.2, 0.25) is 0 Å². The van der Waals surface area contributed by atoms with E-state index in [0.717, 1.165) is 6.92 Å². The molecule has 0 bridgehead atoms. The van der Waals surface area contributed by atoms with Crippen molar-refractivity contribution in [3.8, 4) is 6.07 Å². The zero-order valence-electron chi connectivity index (χ0n) is 11.8. The summed E-state index contributed by atoms with van der Waals surface area (Å²) in [6.45, 7) is 0.909. The number of carboxylic acids is 1. The number of Topliss-reactive ketones (excluding diaryl/α,β-unsaturated/α-hetero) is 1. The number of benzene rings is 1. The first-order valence-electron chi connectivity index (χ1n) is 6.21. The molecule has 2 unspecified atom stereocenters. The molecule has 9 nitrogen and oxygen atoms in total. The highest BCUT2D eigenvalue weighted by atomic mass is 16.6. The summed E-state index contributed by atoms with van der Waals surface area (Å²) in [5.74, 6) is -8.13. The van der Waals surface area contributed by atoms with E-state index < -0.39 is 40.2 Å². The van der Waals surface area contributed by atoms with Gasteiger partial charge in [-0.25, -0.2) is 0 Å². The van der Waals surface area contributed by atoms with Crippen molar-refractivity contribution >= 4 is 11.8 Å². The molecule has 0 saturated carbocycles. The van der Waals surface area contributed by atoms with Crippen molar-refractivity contribution in [2.45, 2.75) is 12.8 Å². The number of carbonyl (C=O) groups is 2. The van der Waals surface area contributed by atoms with Crippen molar-refractivity contribution in [2.24, 2.45) is 5.92 Å². The molecule has 1 rings (SSSR count). The third kappa shape index (κ3) is 3.62. The van der Waals surface area contributed by atoms with Crippen LogP contribution in [0.4, 0.5) is 0 Å². The van der Waals surface area contributed by atoms with Crippen LogP contribution >= 0.6 is 0 Å². The fourth-order valence-electron chi connectivity index (χ4n) is 2.24. The summed E-state index contributed by atoms with van der Waals surface area (Å²) in [4.78, 5) is 33.0. The van der Waals surface area contributed by atoms with Crippen LogP contribution in [0.5, 0.6) is 0 Å². The molecule has 0 amide bonds. The lowest BCUT2D eigenvalue weighted by Gasteiger charge is -2.20. The highest BCUT2D eigenvalue weighted by Gasteiger charge is 2.45. The van der Waals surface area contributed by atoms with Gasteiger partial charge in [-0.15, -0.1) is 0 Å². The number of allylic oxidation sites excluding steroid dienone is 1. The lowest BCUT2D eigenvalue weighted by atomic mass is 9.79. The number of ketones is 1. The first kappa shape index (κ1) is 17.6. The molecule has 0 saturated heterocycles. The molecule has 0 heterocycles. The van der Waals surface area contributed by atoms with Gasteiger partial charge < -0.3 is 15.3 Å². The van der Waals surface area contributed by atoms with E-state index in [1.807, 2.05) is 0 Å². The van der Waals surface area contributed by atoms with Gasteiger partial charge in [-0.3, -0.25) is 19.7 Å². The van der Waals surface area contributed by atoms with Crippen molar-refractivity contribution in [3.63, 3.8) is 0 Å². The van der Waals surface area contributed by atoms with Crippen molar-refractivity contribution < 1.29 is 29.8 Å². The first-order chi connectivity index (χ1) is 10.7. The number of nitrogens with zero attached hydrogens (tertiary/aromatic N) is 2. The van der Waals surface area contributed by atoms with Crippen LogP contribution in [0.2, 0.25) is 0 Å². The molecule has 0 spiro atoms. The van der Waals surface area contributed by atoms with Crippen LogP contribution in [0, 0.1) is 27.4 Å². The fourth-order valence-corrected chi connectivity index (χ4v) is 2.24. The van der Waals surface area contributed by atoms with Gasteiger partial charge in [-0.1, -0.05) is 18.2 Å². The molecular formula is C14H12N2O7. The molecule has 3 N–H and O–H groups in total. The lowest BCUT2D eigenvalue weighted by molar-refractivity contribution is -0.436. The summed E-state index contributed by atoms with van der Waals surface area (Å²) in [7, 11) is 0. The normalized spacial score (nSPS) is 12.5. The van der Waals surface area contributed by atoms with Crippen LogP contribution in [0.1, 0.15) is 24.0 Å². The van der Waals surface area contributed by atoms with Crippen LogP contribution < -0.4 is 0 Å². The molecular weight excluding hydrogens is 308 g/mol. The number of aliphatic carboxylic acids is 1. The van der Waals surface area contributed by atoms with Crippen LogP contribution in [-0.2, 0) is 9.59 Å². The number of rotatable bonds is 6. The number of hydrogen-bond acceptors (Lipinski definition) is 7. The van der Waals surface area contributed by atoms with E-state index in [4.69, 9.17) is 5.26 Å². The summed E-state index contributed by atoms with van der Waals surface area (Å²) < 4.78 is 0. The van der Waals surface area contributed by atoms with Gasteiger partial charge in [0, 0.05) is 0 Å². The second-order valence-corrected chi connectivity index (χ2v) is 4.57. The Morgan fingerprint density at radius 1 is 1.26 bits per heavy atom. The number of nitro groups is 1. The van der Waals surface area contributed by atoms with Gasteiger partial charge in [0.1, 0.15) is 17.6 Å². The second-order valence-electron chi connectivity index (χ2n) is 4.57. The van der Waals surface area contributed by atoms with Crippen LogP contribution in [0.15, 0.2) is 35.9 Å². The van der Waals surface area contributed by atoms with Crippen LogP contribution in [0.3, 0.4) is 0 Å². The lowest BCUT2D eigenvalue weighted by Crippen LogP contribution is -2.32. The van der Waals surface area contributed by atoms with Gasteiger partial charge in [-0.2, -0.15) is 5.26 Å². The molecule has 1 aromatic rings. The van der Waals surface area contributed by atoms with Crippen LogP contribution in [-0.4, -0.2) is 32.0 Å². The Labute approximate surface area is 129 Å². The molecule has 0 aliphatic carbocycles. The largest absolute Gasteiger partial charge is 0.481 e. The second kappa shape index (κ2) is 7.04.